The number of hydrogen-bond acceptors (Lipinski definition) is 1. The zero-order chi connectivity index (χ0) is 21.8. The molecule has 6 rings (SSSR count). The number of anilines is 3. The first kappa shape index (κ1) is 19.4. The predicted molar refractivity (Wildman–Crippen MR) is 135 cm³/mol. The Hall–Kier alpha value is -3.32. The average Bonchev–Trinajstić information content (AvgIpc) is 3.28. The highest BCUT2D eigenvalue weighted by molar-refractivity contribution is 5.80. The van der Waals surface area contributed by atoms with E-state index >= 15 is 0 Å². The monoisotopic (exact) mass is 415 g/mol. The summed E-state index contributed by atoms with van der Waals surface area (Å²) in [7, 11) is 0. The van der Waals surface area contributed by atoms with Crippen LogP contribution in [-0.2, 0) is 10.8 Å². The topological polar surface area (TPSA) is 3.24 Å². The van der Waals surface area contributed by atoms with Crippen LogP contribution >= 0.6 is 0 Å². The van der Waals surface area contributed by atoms with E-state index in [1.54, 1.807) is 11.1 Å². The van der Waals surface area contributed by atoms with E-state index < -0.39 is 0 Å². The highest BCUT2D eigenvalue weighted by Gasteiger charge is 2.52. The maximum atomic E-state index is 2.48. The molecule has 0 spiro atoms. The lowest BCUT2D eigenvalue weighted by molar-refractivity contribution is 0.484. The first-order valence-corrected chi connectivity index (χ1v) is 11.7. The fourth-order valence-corrected chi connectivity index (χ4v) is 6.22. The van der Waals surface area contributed by atoms with E-state index in [1.807, 2.05) is 0 Å². The van der Waals surface area contributed by atoms with Gasteiger partial charge in [-0.15, -0.1) is 0 Å². The molecule has 1 saturated carbocycles. The smallest absolute Gasteiger partial charge is 0.0467 e. The van der Waals surface area contributed by atoms with Crippen molar-refractivity contribution in [2.45, 2.75) is 43.9 Å². The van der Waals surface area contributed by atoms with E-state index in [1.165, 1.54) is 47.5 Å². The number of benzene rings is 4. The Bertz CT molecular complexity index is 1240. The minimum atomic E-state index is 0.345. The molecule has 2 bridgehead atoms. The summed E-state index contributed by atoms with van der Waals surface area (Å²) in [6.07, 6.45) is 3.94. The minimum absolute atomic E-state index is 0.345. The van der Waals surface area contributed by atoms with Crippen molar-refractivity contribution in [3.05, 3.63) is 114 Å². The highest BCUT2D eigenvalue weighted by atomic mass is 15.1. The third kappa shape index (κ3) is 2.99. The number of rotatable bonds is 4. The lowest BCUT2D eigenvalue weighted by Gasteiger charge is -2.28. The molecule has 1 nitrogen and oxygen atoms in total. The maximum absolute atomic E-state index is 2.48. The molecule has 2 atom stereocenters. The summed E-state index contributed by atoms with van der Waals surface area (Å²) in [5, 5.41) is 0. The summed E-state index contributed by atoms with van der Waals surface area (Å²) in [6.45, 7) is 4.93. The Balaban J connectivity index is 1.45. The van der Waals surface area contributed by atoms with E-state index in [2.05, 4.69) is 122 Å². The Morgan fingerprint density at radius 2 is 1.09 bits per heavy atom. The summed E-state index contributed by atoms with van der Waals surface area (Å²) in [4.78, 5) is 2.33. The Kier molecular flexibility index (Phi) is 4.30. The molecule has 0 saturated heterocycles. The van der Waals surface area contributed by atoms with Crippen molar-refractivity contribution >= 4 is 17.1 Å². The number of fused-ring (bicyclic) bond motifs is 5. The van der Waals surface area contributed by atoms with Crippen molar-refractivity contribution in [2.24, 2.45) is 0 Å². The average molecular weight is 416 g/mol. The van der Waals surface area contributed by atoms with Gasteiger partial charge in [0.05, 0.1) is 0 Å². The fourth-order valence-electron chi connectivity index (χ4n) is 6.22. The van der Waals surface area contributed by atoms with Gasteiger partial charge < -0.3 is 4.90 Å². The molecule has 0 amide bonds. The Labute approximate surface area is 191 Å². The largest absolute Gasteiger partial charge is 0.310 e. The van der Waals surface area contributed by atoms with Gasteiger partial charge in [-0.2, -0.15) is 0 Å². The van der Waals surface area contributed by atoms with E-state index in [9.17, 15) is 0 Å². The molecular weight excluding hydrogens is 386 g/mol. The van der Waals surface area contributed by atoms with Crippen LogP contribution in [0.3, 0.4) is 0 Å². The van der Waals surface area contributed by atoms with E-state index in [4.69, 9.17) is 0 Å². The molecule has 4 aromatic carbocycles. The number of nitrogens with zero attached hydrogens (tertiary/aromatic N) is 1. The number of para-hydroxylation sites is 2. The van der Waals surface area contributed by atoms with Crippen molar-refractivity contribution in [1.82, 2.24) is 0 Å². The molecule has 2 aliphatic carbocycles. The van der Waals surface area contributed by atoms with Gasteiger partial charge in [-0.25, -0.2) is 0 Å². The normalized spacial score (nSPS) is 23.2. The molecule has 0 aliphatic heterocycles. The first-order chi connectivity index (χ1) is 15.6. The molecule has 0 heterocycles. The summed E-state index contributed by atoms with van der Waals surface area (Å²) in [5.74, 6) is 0. The van der Waals surface area contributed by atoms with Crippen molar-refractivity contribution in [3.63, 3.8) is 0 Å². The molecule has 0 radical (unpaired) electrons. The third-order valence-corrected chi connectivity index (χ3v) is 7.80. The van der Waals surface area contributed by atoms with Crippen molar-refractivity contribution < 1.29 is 0 Å². The van der Waals surface area contributed by atoms with Crippen LogP contribution in [0.5, 0.6) is 0 Å². The summed E-state index contributed by atoms with van der Waals surface area (Å²) >= 11 is 0. The van der Waals surface area contributed by atoms with Gasteiger partial charge in [0.25, 0.3) is 0 Å². The third-order valence-electron chi connectivity index (χ3n) is 7.80. The van der Waals surface area contributed by atoms with Crippen LogP contribution in [0.2, 0.25) is 0 Å². The van der Waals surface area contributed by atoms with Gasteiger partial charge in [-0.05, 0) is 88.7 Å². The van der Waals surface area contributed by atoms with Crippen molar-refractivity contribution in [1.29, 1.82) is 0 Å². The lowest BCUT2D eigenvalue weighted by Crippen LogP contribution is -2.17. The Morgan fingerprint density at radius 1 is 0.531 bits per heavy atom. The van der Waals surface area contributed by atoms with E-state index in [0.717, 1.165) is 0 Å². The zero-order valence-corrected chi connectivity index (χ0v) is 18.9. The lowest BCUT2D eigenvalue weighted by atomic mass is 9.77. The van der Waals surface area contributed by atoms with Crippen LogP contribution < -0.4 is 4.90 Å². The maximum Gasteiger partial charge on any atom is 0.0467 e. The Morgan fingerprint density at radius 3 is 1.75 bits per heavy atom. The van der Waals surface area contributed by atoms with Crippen LogP contribution in [0.25, 0.3) is 11.1 Å². The molecule has 4 aromatic rings. The van der Waals surface area contributed by atoms with Gasteiger partial charge in [0.2, 0.25) is 0 Å². The van der Waals surface area contributed by atoms with Gasteiger partial charge in [0.1, 0.15) is 0 Å². The van der Waals surface area contributed by atoms with E-state index in [-0.39, 0.29) is 0 Å². The van der Waals surface area contributed by atoms with Crippen LogP contribution in [0.4, 0.5) is 17.1 Å². The van der Waals surface area contributed by atoms with Gasteiger partial charge in [0, 0.05) is 17.1 Å². The van der Waals surface area contributed by atoms with Crippen LogP contribution in [0.1, 0.15) is 44.2 Å². The first-order valence-electron chi connectivity index (χ1n) is 11.7. The van der Waals surface area contributed by atoms with Crippen molar-refractivity contribution in [3.8, 4) is 11.1 Å². The SMILES string of the molecule is CC12CCC(C)(C1)c1cc(-c3cccc(N(c4ccccc4)c4ccccc4)c3)ccc12. The molecular formula is C31H29N. The highest BCUT2D eigenvalue weighted by Crippen LogP contribution is 2.60. The second kappa shape index (κ2) is 7.10. The zero-order valence-electron chi connectivity index (χ0n) is 18.9. The standard InChI is InChI=1S/C31H29N/c1-30-18-19-31(2,22-30)29-21-24(16-17-28(29)30)23-10-9-15-27(20-23)32(25-11-5-3-6-12-25)26-13-7-4-8-14-26/h3-17,20-21H,18-19,22H2,1-2H3. The molecule has 1 heteroatoms. The van der Waals surface area contributed by atoms with Crippen LogP contribution in [0, 0.1) is 0 Å². The van der Waals surface area contributed by atoms with Crippen LogP contribution in [-0.4, -0.2) is 0 Å². The predicted octanol–water partition coefficient (Wildman–Crippen LogP) is 8.54. The fraction of sp³-hybridized carbons (Fsp3) is 0.226. The second-order valence-corrected chi connectivity index (χ2v) is 10.1. The van der Waals surface area contributed by atoms with Gasteiger partial charge in [0.15, 0.2) is 0 Å². The molecule has 0 N–H and O–H groups in total. The second-order valence-electron chi connectivity index (χ2n) is 10.1. The summed E-state index contributed by atoms with van der Waals surface area (Å²) in [6, 6.07) is 37.5. The molecule has 0 aromatic heterocycles. The number of hydrogen-bond donors (Lipinski definition) is 0. The molecule has 158 valence electrons. The molecule has 1 fully saturated rings. The summed E-state index contributed by atoms with van der Waals surface area (Å²) in [5.41, 5.74) is 10.0. The summed E-state index contributed by atoms with van der Waals surface area (Å²) < 4.78 is 0. The molecule has 32 heavy (non-hydrogen) atoms. The molecule has 2 aliphatic rings. The van der Waals surface area contributed by atoms with Gasteiger partial charge >= 0.3 is 0 Å². The van der Waals surface area contributed by atoms with Gasteiger partial charge in [-0.1, -0.05) is 80.6 Å². The van der Waals surface area contributed by atoms with Crippen molar-refractivity contribution in [2.75, 3.05) is 4.90 Å². The van der Waals surface area contributed by atoms with Gasteiger partial charge in [-0.3, -0.25) is 0 Å². The minimum Gasteiger partial charge on any atom is -0.310 e. The van der Waals surface area contributed by atoms with Crippen LogP contribution in [0.15, 0.2) is 103 Å². The van der Waals surface area contributed by atoms with E-state index in [0.29, 0.717) is 10.8 Å². The molecule has 2 unspecified atom stereocenters. The quantitative estimate of drug-likeness (QED) is 0.323.